The van der Waals surface area contributed by atoms with E-state index in [1.54, 1.807) is 36.4 Å². The zero-order chi connectivity index (χ0) is 36.0. The Hall–Kier alpha value is -7.62. The molecule has 16 nitrogen and oxygen atoms in total. The summed E-state index contributed by atoms with van der Waals surface area (Å²) < 4.78 is 0. The Labute approximate surface area is 277 Å². The van der Waals surface area contributed by atoms with Gasteiger partial charge in [-0.3, -0.25) is 40.5 Å². The Kier molecular flexibility index (Phi) is 7.88. The molecule has 0 bridgehead atoms. The van der Waals surface area contributed by atoms with Crippen LogP contribution in [-0.4, -0.2) is 41.8 Å². The second kappa shape index (κ2) is 12.2. The molecule has 0 saturated carbocycles. The highest BCUT2D eigenvalue weighted by Gasteiger charge is 2.31. The molecule has 50 heavy (non-hydrogen) atoms. The number of rotatable bonds is 9. The molecule has 0 aliphatic carbocycles. The monoisotopic (exact) mass is 674 g/mol. The fraction of sp³-hybridized carbons (Fsp3) is 0. The van der Waals surface area contributed by atoms with Crippen LogP contribution in [0.15, 0.2) is 97.1 Å². The van der Waals surface area contributed by atoms with Gasteiger partial charge in [0, 0.05) is 35.4 Å². The van der Waals surface area contributed by atoms with Crippen LogP contribution in [0.25, 0.3) is 54.9 Å². The van der Waals surface area contributed by atoms with E-state index in [9.17, 15) is 60.3 Å². The van der Waals surface area contributed by atoms with E-state index in [2.05, 4.69) is 0 Å². The molecule has 6 aromatic carbocycles. The predicted molar refractivity (Wildman–Crippen MR) is 178 cm³/mol. The normalized spacial score (nSPS) is 11.0. The lowest BCUT2D eigenvalue weighted by Crippen LogP contribution is -2.09. The second-order valence-electron chi connectivity index (χ2n) is 10.9. The number of hydrogen-bond donors (Lipinski definition) is 2. The Morgan fingerprint density at radius 3 is 1.04 bits per heavy atom. The van der Waals surface area contributed by atoms with Crippen molar-refractivity contribution in [2.24, 2.45) is 0 Å². The van der Waals surface area contributed by atoms with E-state index in [4.69, 9.17) is 0 Å². The molecule has 0 atom stereocenters. The lowest BCUT2D eigenvalue weighted by Gasteiger charge is -2.21. The summed E-state index contributed by atoms with van der Waals surface area (Å²) in [6.45, 7) is 0. The maximum Gasteiger partial charge on any atom is 0.336 e. The number of nitro groups is 4. The number of non-ortho nitro benzene ring substituents is 4. The van der Waals surface area contributed by atoms with Crippen LogP contribution < -0.4 is 0 Å². The molecule has 2 N–H and O–H groups in total. The van der Waals surface area contributed by atoms with Gasteiger partial charge in [0.2, 0.25) is 0 Å². The van der Waals surface area contributed by atoms with Crippen molar-refractivity contribution in [2.45, 2.75) is 0 Å². The number of aromatic carboxylic acids is 2. The summed E-state index contributed by atoms with van der Waals surface area (Å²) >= 11 is 0. The largest absolute Gasteiger partial charge is 0.478 e. The summed E-state index contributed by atoms with van der Waals surface area (Å²) in [4.78, 5) is 70.2. The minimum absolute atomic E-state index is 0.185. The Morgan fingerprint density at radius 1 is 0.460 bits per heavy atom. The first-order chi connectivity index (χ1) is 23.8. The summed E-state index contributed by atoms with van der Waals surface area (Å²) in [5.74, 6) is -3.24. The summed E-state index contributed by atoms with van der Waals surface area (Å²) in [5.41, 5.74) is -5.17. The van der Waals surface area contributed by atoms with Crippen molar-refractivity contribution in [2.75, 3.05) is 0 Å². The molecule has 0 fully saturated rings. The number of fused-ring (bicyclic) bond motifs is 2. The average molecular weight is 675 g/mol. The maximum atomic E-state index is 13.3. The minimum Gasteiger partial charge on any atom is -0.478 e. The standard InChI is InChI=1S/C34H18N4O12/c39-33(40)31-27(19-9-21(35(43)44)15-22(10-19)36(45)46)13-17-5-1-3-7-25(17)29(31)30-26-8-4-2-6-18(26)14-28(32(30)34(41)42)20-11-23(37(47)48)16-24(12-20)38(49)50/h1-16H,(H,39,40)(H,41,42). The van der Waals surface area contributed by atoms with Gasteiger partial charge >= 0.3 is 11.9 Å². The summed E-state index contributed by atoms with van der Waals surface area (Å²) in [7, 11) is 0. The third-order valence-corrected chi connectivity index (χ3v) is 8.05. The van der Waals surface area contributed by atoms with Gasteiger partial charge in [-0.2, -0.15) is 0 Å². The van der Waals surface area contributed by atoms with Crippen LogP contribution in [0.2, 0.25) is 0 Å². The van der Waals surface area contributed by atoms with Crippen molar-refractivity contribution in [1.29, 1.82) is 0 Å². The number of carboxylic acid groups (broad SMARTS) is 2. The molecule has 0 heterocycles. The van der Waals surface area contributed by atoms with Gasteiger partial charge in [0.05, 0.1) is 43.0 Å². The minimum atomic E-state index is -1.62. The van der Waals surface area contributed by atoms with Crippen LogP contribution >= 0.6 is 0 Å². The summed E-state index contributed by atoms with van der Waals surface area (Å²) in [6, 6.07) is 20.5. The van der Waals surface area contributed by atoms with Gasteiger partial charge in [-0.25, -0.2) is 9.59 Å². The first-order valence-corrected chi connectivity index (χ1v) is 14.2. The number of benzene rings is 6. The number of hydrogen-bond acceptors (Lipinski definition) is 10. The molecule has 6 rings (SSSR count). The summed E-state index contributed by atoms with van der Waals surface area (Å²) in [5, 5.41) is 69.7. The molecule has 0 amide bonds. The topological polar surface area (TPSA) is 247 Å². The molecule has 0 radical (unpaired) electrons. The third kappa shape index (κ3) is 5.53. The maximum absolute atomic E-state index is 13.3. The number of nitro benzene ring substituents is 4. The van der Waals surface area contributed by atoms with Gasteiger partial charge in [0.25, 0.3) is 22.7 Å². The van der Waals surface area contributed by atoms with Gasteiger partial charge < -0.3 is 10.2 Å². The van der Waals surface area contributed by atoms with Crippen molar-refractivity contribution in [3.05, 3.63) is 149 Å². The molecule has 0 aliphatic rings. The van der Waals surface area contributed by atoms with Crippen molar-refractivity contribution in [3.8, 4) is 33.4 Å². The van der Waals surface area contributed by atoms with Crippen LogP contribution in [0.1, 0.15) is 20.7 Å². The second-order valence-corrected chi connectivity index (χ2v) is 10.9. The molecule has 0 aliphatic heterocycles. The fourth-order valence-corrected chi connectivity index (χ4v) is 6.04. The van der Waals surface area contributed by atoms with Gasteiger partial charge in [0.15, 0.2) is 0 Å². The predicted octanol–water partition coefficient (Wildman–Crippen LogP) is 8.02. The molecule has 6 aromatic rings. The van der Waals surface area contributed by atoms with Gasteiger partial charge in [-0.15, -0.1) is 0 Å². The lowest BCUT2D eigenvalue weighted by atomic mass is 9.81. The fourth-order valence-electron chi connectivity index (χ4n) is 6.04. The quantitative estimate of drug-likeness (QED) is 0.109. The molecular formula is C34H18N4O12. The lowest BCUT2D eigenvalue weighted by molar-refractivity contribution is -0.394. The molecular weight excluding hydrogens is 656 g/mol. The van der Waals surface area contributed by atoms with Crippen molar-refractivity contribution in [3.63, 3.8) is 0 Å². The van der Waals surface area contributed by atoms with E-state index in [1.807, 2.05) is 0 Å². The Bertz CT molecular complexity index is 2290. The SMILES string of the molecule is O=C(O)c1c(-c2cc([N+](=O)[O-])cc([N+](=O)[O-])c2)cc2ccccc2c1-c1c(C(=O)O)c(-c2cc([N+](=O)[O-])cc([N+](=O)[O-])c2)cc2ccccc12. The zero-order valence-corrected chi connectivity index (χ0v) is 25.0. The van der Waals surface area contributed by atoms with E-state index < -0.39 is 65.5 Å². The smallest absolute Gasteiger partial charge is 0.336 e. The first-order valence-electron chi connectivity index (χ1n) is 14.2. The van der Waals surface area contributed by atoms with E-state index in [1.165, 1.54) is 24.3 Å². The van der Waals surface area contributed by atoms with E-state index in [0.29, 0.717) is 22.9 Å². The van der Waals surface area contributed by atoms with Crippen LogP contribution in [0.5, 0.6) is 0 Å². The highest BCUT2D eigenvalue weighted by atomic mass is 16.6. The third-order valence-electron chi connectivity index (χ3n) is 8.05. The highest BCUT2D eigenvalue weighted by molar-refractivity contribution is 6.22. The van der Waals surface area contributed by atoms with Crippen LogP contribution in [-0.2, 0) is 0 Å². The van der Waals surface area contributed by atoms with Gasteiger partial charge in [-0.1, -0.05) is 48.5 Å². The number of carbonyl (C=O) groups is 2. The highest BCUT2D eigenvalue weighted by Crippen LogP contribution is 2.47. The molecule has 0 aromatic heterocycles. The Morgan fingerprint density at radius 2 is 0.760 bits per heavy atom. The molecule has 0 spiro atoms. The van der Waals surface area contributed by atoms with Crippen LogP contribution in [0.3, 0.4) is 0 Å². The molecule has 0 saturated heterocycles. The molecule has 16 heteroatoms. The zero-order valence-electron chi connectivity index (χ0n) is 25.0. The van der Waals surface area contributed by atoms with E-state index in [-0.39, 0.29) is 44.2 Å². The Balaban J connectivity index is 1.86. The molecule has 246 valence electrons. The van der Waals surface area contributed by atoms with Crippen molar-refractivity contribution >= 4 is 56.2 Å². The van der Waals surface area contributed by atoms with E-state index >= 15 is 0 Å². The average Bonchev–Trinajstić information content (AvgIpc) is 3.09. The van der Waals surface area contributed by atoms with E-state index in [0.717, 1.165) is 24.3 Å². The van der Waals surface area contributed by atoms with Crippen LogP contribution in [0.4, 0.5) is 22.7 Å². The van der Waals surface area contributed by atoms with Crippen LogP contribution in [0, 0.1) is 40.5 Å². The first kappa shape index (κ1) is 32.3. The van der Waals surface area contributed by atoms with Gasteiger partial charge in [0.1, 0.15) is 0 Å². The molecule has 0 unspecified atom stereocenters. The van der Waals surface area contributed by atoms with Crippen molar-refractivity contribution < 1.29 is 39.5 Å². The van der Waals surface area contributed by atoms with Gasteiger partial charge in [-0.05, 0) is 55.9 Å². The number of nitrogens with zero attached hydrogens (tertiary/aromatic N) is 4. The number of carboxylic acids is 2. The summed E-state index contributed by atoms with van der Waals surface area (Å²) in [6.07, 6.45) is 0. The van der Waals surface area contributed by atoms with Crippen molar-refractivity contribution in [1.82, 2.24) is 0 Å².